The molecule has 1 aromatic heterocycles. The number of halogens is 2. The summed E-state index contributed by atoms with van der Waals surface area (Å²) in [6.45, 7) is 3.03. The summed E-state index contributed by atoms with van der Waals surface area (Å²) in [6.07, 6.45) is 0. The number of anilines is 2. The van der Waals surface area contributed by atoms with Crippen molar-refractivity contribution >= 4 is 23.2 Å². The molecule has 2 N–H and O–H groups in total. The molecule has 0 aliphatic carbocycles. The maximum absolute atomic E-state index is 13.6. The van der Waals surface area contributed by atoms with E-state index in [0.717, 1.165) is 0 Å². The molecule has 1 heterocycles. The normalized spacial score (nSPS) is 10.6. The van der Waals surface area contributed by atoms with Gasteiger partial charge in [0.1, 0.15) is 18.2 Å². The van der Waals surface area contributed by atoms with E-state index < -0.39 is 23.4 Å². The number of nitrogens with one attached hydrogen (secondary N) is 2. The minimum atomic E-state index is -0.564. The van der Waals surface area contributed by atoms with Crippen LogP contribution in [0.2, 0.25) is 0 Å². The minimum Gasteiger partial charge on any atom is -0.324 e. The van der Waals surface area contributed by atoms with Gasteiger partial charge in [0, 0.05) is 11.4 Å². The number of amides is 2. The zero-order chi connectivity index (χ0) is 20.3. The average Bonchev–Trinajstić information content (AvgIpc) is 3.01. The molecule has 7 nitrogen and oxygen atoms in total. The molecule has 3 aromatic rings. The first-order chi connectivity index (χ1) is 13.3. The number of benzene rings is 2. The summed E-state index contributed by atoms with van der Waals surface area (Å²) in [5.41, 5.74) is 1.59. The largest absolute Gasteiger partial charge is 0.324 e. The number of rotatable bonds is 5. The molecule has 0 unspecified atom stereocenters. The van der Waals surface area contributed by atoms with Crippen LogP contribution in [-0.4, -0.2) is 26.8 Å². The molecule has 0 spiro atoms. The maximum Gasteiger partial charge on any atom is 0.278 e. The fraction of sp³-hybridized carbons (Fsp3) is 0.158. The number of nitrogens with zero attached hydrogens (tertiary/aromatic N) is 3. The van der Waals surface area contributed by atoms with Gasteiger partial charge in [-0.2, -0.15) is 0 Å². The number of hydrogen-bond donors (Lipinski definition) is 2. The van der Waals surface area contributed by atoms with Gasteiger partial charge in [0.05, 0.1) is 5.69 Å². The van der Waals surface area contributed by atoms with Crippen LogP contribution >= 0.6 is 0 Å². The molecule has 2 amide bonds. The van der Waals surface area contributed by atoms with Crippen molar-refractivity contribution in [2.45, 2.75) is 20.4 Å². The van der Waals surface area contributed by atoms with E-state index in [4.69, 9.17) is 0 Å². The van der Waals surface area contributed by atoms with Gasteiger partial charge in [0.2, 0.25) is 5.91 Å². The van der Waals surface area contributed by atoms with Crippen LogP contribution in [0, 0.1) is 25.5 Å². The van der Waals surface area contributed by atoms with Crippen molar-refractivity contribution in [3.05, 3.63) is 71.1 Å². The van der Waals surface area contributed by atoms with E-state index in [-0.39, 0.29) is 17.9 Å². The number of carbonyl (C=O) groups excluding carboxylic acids is 2. The van der Waals surface area contributed by atoms with E-state index in [2.05, 4.69) is 20.9 Å². The lowest BCUT2D eigenvalue weighted by molar-refractivity contribution is -0.117. The number of hydrogen-bond acceptors (Lipinski definition) is 4. The van der Waals surface area contributed by atoms with Crippen molar-refractivity contribution in [2.24, 2.45) is 0 Å². The van der Waals surface area contributed by atoms with Crippen molar-refractivity contribution in [1.82, 2.24) is 15.0 Å². The highest BCUT2D eigenvalue weighted by Gasteiger charge is 2.18. The van der Waals surface area contributed by atoms with E-state index in [9.17, 15) is 18.4 Å². The summed E-state index contributed by atoms with van der Waals surface area (Å²) in [6, 6.07) is 9.66. The smallest absolute Gasteiger partial charge is 0.278 e. The van der Waals surface area contributed by atoms with Crippen LogP contribution in [0.25, 0.3) is 0 Å². The topological polar surface area (TPSA) is 88.9 Å². The van der Waals surface area contributed by atoms with Crippen LogP contribution in [0.3, 0.4) is 0 Å². The first-order valence-electron chi connectivity index (χ1n) is 8.36. The predicted molar refractivity (Wildman–Crippen MR) is 98.9 cm³/mol. The van der Waals surface area contributed by atoms with Crippen LogP contribution in [0.1, 0.15) is 21.7 Å². The molecule has 2 aromatic carbocycles. The fourth-order valence-electron chi connectivity index (χ4n) is 2.45. The molecular formula is C19H17F2N5O2. The number of aromatic nitrogens is 3. The monoisotopic (exact) mass is 385 g/mol. The molecular weight excluding hydrogens is 368 g/mol. The van der Waals surface area contributed by atoms with Crippen LogP contribution in [0.4, 0.5) is 20.2 Å². The van der Waals surface area contributed by atoms with Crippen molar-refractivity contribution in [2.75, 3.05) is 10.6 Å². The Morgan fingerprint density at radius 3 is 2.36 bits per heavy atom. The third-order valence-electron chi connectivity index (χ3n) is 4.05. The second-order valence-corrected chi connectivity index (χ2v) is 6.15. The SMILES string of the molecule is Cc1ccc(NC(=O)c2nnn(CC(=O)Nc3ccc(F)cc3)c2C)cc1F. The molecule has 0 aliphatic heterocycles. The summed E-state index contributed by atoms with van der Waals surface area (Å²) in [5, 5.41) is 12.8. The molecule has 0 saturated carbocycles. The Hall–Kier alpha value is -3.62. The second kappa shape index (κ2) is 7.95. The molecule has 0 bridgehead atoms. The summed E-state index contributed by atoms with van der Waals surface area (Å²) in [4.78, 5) is 24.5. The van der Waals surface area contributed by atoms with Gasteiger partial charge in [0.25, 0.3) is 5.91 Å². The lowest BCUT2D eigenvalue weighted by Crippen LogP contribution is -2.21. The standard InChI is InChI=1S/C19H17F2N5O2/c1-11-3-6-15(9-16(11)21)23-19(28)18-12(2)26(25-24-18)10-17(27)22-14-7-4-13(20)5-8-14/h3-9H,10H2,1-2H3,(H,22,27)(H,23,28). The Morgan fingerprint density at radius 2 is 1.68 bits per heavy atom. The Bertz CT molecular complexity index is 1030. The van der Waals surface area contributed by atoms with E-state index in [1.807, 2.05) is 0 Å². The van der Waals surface area contributed by atoms with Crippen LogP contribution in [0.5, 0.6) is 0 Å². The summed E-state index contributed by atoms with van der Waals surface area (Å²) in [7, 11) is 0. The third kappa shape index (κ3) is 4.37. The summed E-state index contributed by atoms with van der Waals surface area (Å²) in [5.74, 6) is -1.82. The molecule has 3 rings (SSSR count). The van der Waals surface area contributed by atoms with Gasteiger partial charge in [-0.15, -0.1) is 5.10 Å². The van der Waals surface area contributed by atoms with Gasteiger partial charge < -0.3 is 10.6 Å². The number of aryl methyl sites for hydroxylation is 1. The zero-order valence-corrected chi connectivity index (χ0v) is 15.2. The fourth-order valence-corrected chi connectivity index (χ4v) is 2.45. The maximum atomic E-state index is 13.6. The van der Waals surface area contributed by atoms with Crippen molar-refractivity contribution in [3.8, 4) is 0 Å². The molecule has 28 heavy (non-hydrogen) atoms. The third-order valence-corrected chi connectivity index (χ3v) is 4.05. The van der Waals surface area contributed by atoms with Crippen molar-refractivity contribution < 1.29 is 18.4 Å². The van der Waals surface area contributed by atoms with Gasteiger partial charge in [-0.1, -0.05) is 11.3 Å². The van der Waals surface area contributed by atoms with E-state index in [1.54, 1.807) is 26.0 Å². The average molecular weight is 385 g/mol. The summed E-state index contributed by atoms with van der Waals surface area (Å²) >= 11 is 0. The van der Waals surface area contributed by atoms with Crippen LogP contribution in [-0.2, 0) is 11.3 Å². The van der Waals surface area contributed by atoms with Crippen molar-refractivity contribution in [3.63, 3.8) is 0 Å². The molecule has 9 heteroatoms. The Labute approximate surface area is 159 Å². The summed E-state index contributed by atoms with van der Waals surface area (Å²) < 4.78 is 27.8. The Kier molecular flexibility index (Phi) is 5.44. The van der Waals surface area contributed by atoms with Crippen LogP contribution < -0.4 is 10.6 Å². The van der Waals surface area contributed by atoms with Gasteiger partial charge in [-0.05, 0) is 55.8 Å². The predicted octanol–water partition coefficient (Wildman–Crippen LogP) is 3.06. The zero-order valence-electron chi connectivity index (χ0n) is 15.2. The first kappa shape index (κ1) is 19.2. The van der Waals surface area contributed by atoms with E-state index >= 15 is 0 Å². The van der Waals surface area contributed by atoms with Gasteiger partial charge in [-0.3, -0.25) is 9.59 Å². The molecule has 144 valence electrons. The minimum absolute atomic E-state index is 0.0237. The molecule has 0 atom stereocenters. The number of carbonyl (C=O) groups is 2. The van der Waals surface area contributed by atoms with Gasteiger partial charge in [0.15, 0.2) is 5.69 Å². The quantitative estimate of drug-likeness (QED) is 0.706. The second-order valence-electron chi connectivity index (χ2n) is 6.15. The Balaban J connectivity index is 1.67. The van der Waals surface area contributed by atoms with E-state index in [1.165, 1.54) is 35.0 Å². The van der Waals surface area contributed by atoms with E-state index in [0.29, 0.717) is 16.9 Å². The molecule has 0 fully saturated rings. The first-order valence-corrected chi connectivity index (χ1v) is 8.36. The highest BCUT2D eigenvalue weighted by atomic mass is 19.1. The molecule has 0 saturated heterocycles. The Morgan fingerprint density at radius 1 is 1.00 bits per heavy atom. The van der Waals surface area contributed by atoms with Gasteiger partial charge in [-0.25, -0.2) is 13.5 Å². The van der Waals surface area contributed by atoms with Gasteiger partial charge >= 0.3 is 0 Å². The molecule has 0 aliphatic rings. The lowest BCUT2D eigenvalue weighted by atomic mass is 10.2. The highest BCUT2D eigenvalue weighted by Crippen LogP contribution is 2.15. The van der Waals surface area contributed by atoms with Crippen LogP contribution in [0.15, 0.2) is 42.5 Å². The lowest BCUT2D eigenvalue weighted by Gasteiger charge is -2.07. The highest BCUT2D eigenvalue weighted by molar-refractivity contribution is 6.03. The molecule has 0 radical (unpaired) electrons. The van der Waals surface area contributed by atoms with Crippen molar-refractivity contribution in [1.29, 1.82) is 0 Å².